The number of hydrogen-bond acceptors (Lipinski definition) is 8. The van der Waals surface area contributed by atoms with Gasteiger partial charge in [0.05, 0.1) is 37.3 Å². The lowest BCUT2D eigenvalue weighted by atomic mass is 10.2. The second kappa shape index (κ2) is 10.8. The van der Waals surface area contributed by atoms with E-state index in [2.05, 4.69) is 4.18 Å². The standard InChI is InChI=1S/C11H12FNO5S.C10H10FNO3/c1-19(15,16)17-7-10-6-13(11(14)18-10)9-4-2-3-8(12)5-9;11-7-2-1-3-8(4-7)12-5-9(6-13)15-10(12)14/h2-5,10H,6-7H2,1H3;1-4,9,13H,5-6H2/t10-;9-/m11/s1. The summed E-state index contributed by atoms with van der Waals surface area (Å²) in [5.74, 6) is -0.881. The van der Waals surface area contributed by atoms with Crippen molar-refractivity contribution in [1.82, 2.24) is 0 Å². The zero-order valence-electron chi connectivity index (χ0n) is 18.0. The number of nitrogens with zero attached hydrogens (tertiary/aromatic N) is 2. The molecule has 1 N–H and O–H groups in total. The second-order valence-electron chi connectivity index (χ2n) is 7.36. The number of aliphatic hydroxyl groups is 1. The van der Waals surface area contributed by atoms with Crippen LogP contribution in [-0.4, -0.2) is 70.5 Å². The van der Waals surface area contributed by atoms with Gasteiger partial charge in [-0.15, -0.1) is 0 Å². The van der Waals surface area contributed by atoms with Crippen molar-refractivity contribution in [2.24, 2.45) is 0 Å². The molecule has 0 unspecified atom stereocenters. The van der Waals surface area contributed by atoms with Crippen molar-refractivity contribution < 1.29 is 45.6 Å². The summed E-state index contributed by atoms with van der Waals surface area (Å²) in [6.07, 6.45) is -1.53. The van der Waals surface area contributed by atoms with E-state index < -0.39 is 46.1 Å². The molecule has 34 heavy (non-hydrogen) atoms. The van der Waals surface area contributed by atoms with Gasteiger partial charge in [-0.1, -0.05) is 12.1 Å². The summed E-state index contributed by atoms with van der Waals surface area (Å²) < 4.78 is 62.0. The fourth-order valence-electron chi connectivity index (χ4n) is 3.13. The maximum Gasteiger partial charge on any atom is 0.414 e. The van der Waals surface area contributed by atoms with Gasteiger partial charge in [-0.3, -0.25) is 14.0 Å². The van der Waals surface area contributed by atoms with Gasteiger partial charge in [0.2, 0.25) is 0 Å². The number of amides is 2. The van der Waals surface area contributed by atoms with Crippen molar-refractivity contribution in [3.63, 3.8) is 0 Å². The average Bonchev–Trinajstić information content (AvgIpc) is 3.34. The summed E-state index contributed by atoms with van der Waals surface area (Å²) in [6, 6.07) is 11.2. The summed E-state index contributed by atoms with van der Waals surface area (Å²) in [4.78, 5) is 25.4. The molecule has 2 aliphatic heterocycles. The molecule has 2 atom stereocenters. The Morgan fingerprint density at radius 2 is 1.41 bits per heavy atom. The van der Waals surface area contributed by atoms with Gasteiger partial charge < -0.3 is 14.6 Å². The third kappa shape index (κ3) is 6.85. The van der Waals surface area contributed by atoms with Gasteiger partial charge in [0, 0.05) is 0 Å². The van der Waals surface area contributed by atoms with E-state index in [0.717, 1.165) is 6.26 Å². The number of carbonyl (C=O) groups excluding carboxylic acids is 2. The summed E-state index contributed by atoms with van der Waals surface area (Å²) in [7, 11) is -3.59. The molecule has 2 aromatic carbocycles. The van der Waals surface area contributed by atoms with Crippen LogP contribution in [0.2, 0.25) is 0 Å². The van der Waals surface area contributed by atoms with Gasteiger partial charge >= 0.3 is 12.2 Å². The van der Waals surface area contributed by atoms with Gasteiger partial charge in [-0.25, -0.2) is 18.4 Å². The number of anilines is 2. The number of aliphatic hydroxyl groups excluding tert-OH is 1. The van der Waals surface area contributed by atoms with Crippen LogP contribution in [0.3, 0.4) is 0 Å². The minimum Gasteiger partial charge on any atom is -0.441 e. The smallest absolute Gasteiger partial charge is 0.414 e. The van der Waals surface area contributed by atoms with E-state index in [9.17, 15) is 26.8 Å². The minimum absolute atomic E-state index is 0.109. The average molecular weight is 500 g/mol. The maximum absolute atomic E-state index is 13.1. The molecular weight excluding hydrogens is 478 g/mol. The van der Waals surface area contributed by atoms with Crippen LogP contribution >= 0.6 is 0 Å². The molecule has 0 spiro atoms. The molecule has 0 aromatic heterocycles. The van der Waals surface area contributed by atoms with Gasteiger partial charge in [-0.2, -0.15) is 8.42 Å². The minimum atomic E-state index is -3.59. The monoisotopic (exact) mass is 500 g/mol. The van der Waals surface area contributed by atoms with Crippen molar-refractivity contribution >= 4 is 33.7 Å². The van der Waals surface area contributed by atoms with Gasteiger partial charge in [0.25, 0.3) is 10.1 Å². The molecule has 2 aromatic rings. The maximum atomic E-state index is 13.1. The molecular formula is C21H22F2N2O8S. The zero-order chi connectivity index (χ0) is 24.9. The van der Waals surface area contributed by atoms with E-state index in [1.54, 1.807) is 12.1 Å². The first kappa shape index (κ1) is 25.3. The quantitative estimate of drug-likeness (QED) is 0.600. The van der Waals surface area contributed by atoms with Crippen molar-refractivity contribution in [2.75, 3.05) is 42.4 Å². The highest BCUT2D eigenvalue weighted by Gasteiger charge is 2.33. The van der Waals surface area contributed by atoms with E-state index in [1.165, 1.54) is 46.2 Å². The number of cyclic esters (lactones) is 2. The highest BCUT2D eigenvalue weighted by molar-refractivity contribution is 7.85. The summed E-state index contributed by atoms with van der Waals surface area (Å²) in [5, 5.41) is 8.83. The molecule has 2 fully saturated rings. The predicted octanol–water partition coefficient (Wildman–Crippen LogP) is 2.27. The van der Waals surface area contributed by atoms with Crippen LogP contribution in [0.15, 0.2) is 48.5 Å². The highest BCUT2D eigenvalue weighted by atomic mass is 32.2. The van der Waals surface area contributed by atoms with Crippen molar-refractivity contribution in [2.45, 2.75) is 12.2 Å². The summed E-state index contributed by atoms with van der Waals surface area (Å²) in [5.41, 5.74) is 0.794. The number of hydrogen-bond donors (Lipinski definition) is 1. The summed E-state index contributed by atoms with van der Waals surface area (Å²) >= 11 is 0. The molecule has 13 heteroatoms. The Kier molecular flexibility index (Phi) is 8.02. The van der Waals surface area contributed by atoms with Gasteiger partial charge in [0.15, 0.2) is 0 Å². The van der Waals surface area contributed by atoms with E-state index in [1.807, 2.05) is 0 Å². The Morgan fingerprint density at radius 3 is 1.82 bits per heavy atom. The largest absolute Gasteiger partial charge is 0.441 e. The topological polar surface area (TPSA) is 123 Å². The zero-order valence-corrected chi connectivity index (χ0v) is 18.8. The van der Waals surface area contributed by atoms with Crippen molar-refractivity contribution in [3.05, 3.63) is 60.2 Å². The molecule has 2 heterocycles. The Balaban J connectivity index is 0.000000196. The lowest BCUT2D eigenvalue weighted by Gasteiger charge is -2.12. The van der Waals surface area contributed by atoms with Gasteiger partial charge in [-0.05, 0) is 36.4 Å². The molecule has 2 saturated heterocycles. The molecule has 10 nitrogen and oxygen atoms in total. The Hall–Kier alpha value is -3.29. The van der Waals surface area contributed by atoms with E-state index >= 15 is 0 Å². The first-order chi connectivity index (χ1) is 16.1. The van der Waals surface area contributed by atoms with E-state index in [-0.39, 0.29) is 26.3 Å². The second-order valence-corrected chi connectivity index (χ2v) is 9.01. The normalized spacial score (nSPS) is 20.0. The van der Waals surface area contributed by atoms with Crippen molar-refractivity contribution in [3.8, 4) is 0 Å². The number of halogens is 2. The van der Waals surface area contributed by atoms with Crippen LogP contribution in [0.4, 0.5) is 29.7 Å². The fraction of sp³-hybridized carbons (Fsp3) is 0.333. The first-order valence-electron chi connectivity index (χ1n) is 9.98. The molecule has 184 valence electrons. The molecule has 0 radical (unpaired) electrons. The lowest BCUT2D eigenvalue weighted by Crippen LogP contribution is -2.26. The molecule has 4 rings (SSSR count). The lowest BCUT2D eigenvalue weighted by molar-refractivity contribution is 0.0963. The van der Waals surface area contributed by atoms with Crippen molar-refractivity contribution in [1.29, 1.82) is 0 Å². The highest BCUT2D eigenvalue weighted by Crippen LogP contribution is 2.23. The van der Waals surface area contributed by atoms with Crippen LogP contribution in [-0.2, 0) is 23.8 Å². The summed E-state index contributed by atoms with van der Waals surface area (Å²) in [6.45, 7) is -0.120. The van der Waals surface area contributed by atoms with Crippen LogP contribution < -0.4 is 9.80 Å². The first-order valence-corrected chi connectivity index (χ1v) is 11.8. The van der Waals surface area contributed by atoms with Crippen LogP contribution in [0.1, 0.15) is 0 Å². The molecule has 0 saturated carbocycles. The SMILES string of the molecule is CS(=O)(=O)OC[C@H]1CN(c2cccc(F)c2)C(=O)O1.O=C1O[C@@H](CO)CN1c1cccc(F)c1. The Labute approximate surface area is 194 Å². The number of benzene rings is 2. The van der Waals surface area contributed by atoms with Crippen LogP contribution in [0, 0.1) is 11.6 Å². The third-order valence-corrected chi connectivity index (χ3v) is 5.22. The molecule has 0 aliphatic carbocycles. The number of carbonyl (C=O) groups is 2. The molecule has 2 amide bonds. The molecule has 2 aliphatic rings. The van der Waals surface area contributed by atoms with E-state index in [0.29, 0.717) is 11.4 Å². The predicted molar refractivity (Wildman–Crippen MR) is 116 cm³/mol. The number of rotatable bonds is 6. The van der Waals surface area contributed by atoms with E-state index in [4.69, 9.17) is 14.6 Å². The Morgan fingerprint density at radius 1 is 0.941 bits per heavy atom. The van der Waals surface area contributed by atoms with Crippen LogP contribution in [0.5, 0.6) is 0 Å². The number of ether oxygens (including phenoxy) is 2. The third-order valence-electron chi connectivity index (χ3n) is 4.66. The molecule has 0 bridgehead atoms. The Bertz CT molecular complexity index is 1150. The van der Waals surface area contributed by atoms with Crippen LogP contribution in [0.25, 0.3) is 0 Å². The van der Waals surface area contributed by atoms with Gasteiger partial charge in [0.1, 0.15) is 30.4 Å². The fourth-order valence-corrected chi connectivity index (χ4v) is 3.53.